The molecule has 32 heavy (non-hydrogen) atoms. The van der Waals surface area contributed by atoms with Crippen molar-refractivity contribution < 1.29 is 14.3 Å². The van der Waals surface area contributed by atoms with Crippen LogP contribution >= 0.6 is 12.2 Å². The second kappa shape index (κ2) is 9.35. The number of benzene rings is 2. The smallest absolute Gasteiger partial charge is 0.240 e. The second-order valence-corrected chi connectivity index (χ2v) is 8.23. The molecule has 4 rings (SSSR count). The van der Waals surface area contributed by atoms with E-state index in [-0.39, 0.29) is 30.3 Å². The number of aromatic amines is 1. The maximum Gasteiger partial charge on any atom is 0.240 e. The first-order chi connectivity index (χ1) is 15.4. The van der Waals surface area contributed by atoms with Gasteiger partial charge in [0.05, 0.1) is 13.2 Å². The number of nitrogens with one attached hydrogen (secondary N) is 3. The van der Waals surface area contributed by atoms with Crippen LogP contribution in [0, 0.1) is 10.7 Å². The molecule has 2 amide bonds. The van der Waals surface area contributed by atoms with Crippen LogP contribution in [-0.4, -0.2) is 33.7 Å². The van der Waals surface area contributed by atoms with Gasteiger partial charge in [0.2, 0.25) is 11.8 Å². The van der Waals surface area contributed by atoms with Crippen LogP contribution in [-0.2, 0) is 16.1 Å². The van der Waals surface area contributed by atoms with E-state index in [1.54, 1.807) is 11.7 Å². The predicted octanol–water partition coefficient (Wildman–Crippen LogP) is 3.84. The van der Waals surface area contributed by atoms with Gasteiger partial charge in [-0.05, 0) is 73.9 Å². The Balaban J connectivity index is 1.39. The highest BCUT2D eigenvalue weighted by molar-refractivity contribution is 7.71. The SMILES string of the molecule is COc1ccc(-c2n[nH]c(=S)n2CC(=O)NC(C)c2ccc(NC(=O)C3CC3)cc2)cc1. The molecule has 1 atom stereocenters. The lowest BCUT2D eigenvalue weighted by atomic mass is 10.1. The number of methoxy groups -OCH3 is 1. The summed E-state index contributed by atoms with van der Waals surface area (Å²) in [6.45, 7) is 1.95. The number of H-pyrrole nitrogens is 1. The van der Waals surface area contributed by atoms with Crippen molar-refractivity contribution in [2.24, 2.45) is 5.92 Å². The summed E-state index contributed by atoms with van der Waals surface area (Å²) in [7, 11) is 1.61. The fourth-order valence-corrected chi connectivity index (χ4v) is 3.58. The average Bonchev–Trinajstić information content (AvgIpc) is 3.59. The van der Waals surface area contributed by atoms with Crippen molar-refractivity contribution in [3.05, 3.63) is 58.9 Å². The van der Waals surface area contributed by atoms with E-state index < -0.39 is 0 Å². The Kier molecular flexibility index (Phi) is 6.36. The number of rotatable bonds is 8. The van der Waals surface area contributed by atoms with E-state index in [0.29, 0.717) is 10.6 Å². The maximum absolute atomic E-state index is 12.7. The van der Waals surface area contributed by atoms with Crippen LogP contribution in [0.5, 0.6) is 5.75 Å². The molecule has 3 aromatic rings. The second-order valence-electron chi connectivity index (χ2n) is 7.84. The van der Waals surface area contributed by atoms with Crippen molar-refractivity contribution in [2.45, 2.75) is 32.4 Å². The van der Waals surface area contributed by atoms with Gasteiger partial charge in [-0.3, -0.25) is 19.3 Å². The molecule has 0 radical (unpaired) electrons. The van der Waals surface area contributed by atoms with Crippen LogP contribution in [0.1, 0.15) is 31.4 Å². The summed E-state index contributed by atoms with van der Waals surface area (Å²) < 4.78 is 7.22. The predicted molar refractivity (Wildman–Crippen MR) is 124 cm³/mol. The molecule has 8 nitrogen and oxygen atoms in total. The topological polar surface area (TPSA) is 101 Å². The van der Waals surface area contributed by atoms with E-state index in [4.69, 9.17) is 17.0 Å². The molecule has 0 saturated heterocycles. The number of amides is 2. The number of nitrogens with zero attached hydrogens (tertiary/aromatic N) is 2. The van der Waals surface area contributed by atoms with Crippen molar-refractivity contribution in [1.82, 2.24) is 20.1 Å². The van der Waals surface area contributed by atoms with E-state index in [1.807, 2.05) is 55.5 Å². The number of hydrogen-bond acceptors (Lipinski definition) is 5. The highest BCUT2D eigenvalue weighted by Gasteiger charge is 2.29. The Morgan fingerprint density at radius 3 is 2.50 bits per heavy atom. The number of anilines is 1. The van der Waals surface area contributed by atoms with Gasteiger partial charge in [-0.1, -0.05) is 12.1 Å². The number of hydrogen-bond donors (Lipinski definition) is 3. The molecule has 2 aromatic carbocycles. The van der Waals surface area contributed by atoms with Gasteiger partial charge >= 0.3 is 0 Å². The van der Waals surface area contributed by atoms with Crippen molar-refractivity contribution in [2.75, 3.05) is 12.4 Å². The first-order valence-corrected chi connectivity index (χ1v) is 10.8. The average molecular weight is 452 g/mol. The normalized spacial score (nSPS) is 13.9. The lowest BCUT2D eigenvalue weighted by Gasteiger charge is -2.16. The number of ether oxygens (including phenoxy) is 1. The standard InChI is InChI=1S/C23H25N5O3S/c1-14(15-5-9-18(10-6-15)25-22(30)17-3-4-17)24-20(29)13-28-21(26-27-23(28)32)16-7-11-19(31-2)12-8-16/h5-12,14,17H,3-4,13H2,1-2H3,(H,24,29)(H,25,30)(H,27,32). The molecule has 1 unspecified atom stereocenters. The first-order valence-electron chi connectivity index (χ1n) is 10.4. The molecule has 0 spiro atoms. The van der Waals surface area contributed by atoms with Gasteiger partial charge < -0.3 is 15.4 Å². The van der Waals surface area contributed by atoms with Crippen LogP contribution in [0.2, 0.25) is 0 Å². The highest BCUT2D eigenvalue weighted by atomic mass is 32.1. The molecule has 9 heteroatoms. The molecule has 3 N–H and O–H groups in total. The Hall–Kier alpha value is -3.46. The third-order valence-corrected chi connectivity index (χ3v) is 5.72. The zero-order valence-electron chi connectivity index (χ0n) is 17.9. The number of aromatic nitrogens is 3. The van der Waals surface area contributed by atoms with Gasteiger partial charge in [0.25, 0.3) is 0 Å². The van der Waals surface area contributed by atoms with Crippen LogP contribution in [0.15, 0.2) is 48.5 Å². The minimum absolute atomic E-state index is 0.0383. The van der Waals surface area contributed by atoms with Crippen molar-refractivity contribution in [3.63, 3.8) is 0 Å². The Labute approximate surface area is 191 Å². The molecule has 1 saturated carbocycles. The zero-order chi connectivity index (χ0) is 22.7. The van der Waals surface area contributed by atoms with E-state index in [2.05, 4.69) is 20.8 Å². The molecule has 1 heterocycles. The Morgan fingerprint density at radius 2 is 1.88 bits per heavy atom. The fraction of sp³-hybridized carbons (Fsp3) is 0.304. The van der Waals surface area contributed by atoms with Gasteiger partial charge in [-0.15, -0.1) is 0 Å². The summed E-state index contributed by atoms with van der Waals surface area (Å²) in [5.74, 6) is 1.36. The molecule has 1 fully saturated rings. The molecular weight excluding hydrogens is 426 g/mol. The zero-order valence-corrected chi connectivity index (χ0v) is 18.7. The minimum atomic E-state index is -0.207. The Morgan fingerprint density at radius 1 is 1.19 bits per heavy atom. The van der Waals surface area contributed by atoms with E-state index in [9.17, 15) is 9.59 Å². The van der Waals surface area contributed by atoms with Gasteiger partial charge in [-0.2, -0.15) is 5.10 Å². The summed E-state index contributed by atoms with van der Waals surface area (Å²) in [6.07, 6.45) is 1.93. The van der Waals surface area contributed by atoms with Crippen molar-refractivity contribution in [1.29, 1.82) is 0 Å². The molecule has 1 aliphatic rings. The van der Waals surface area contributed by atoms with Gasteiger partial charge in [0.15, 0.2) is 10.6 Å². The summed E-state index contributed by atoms with van der Waals surface area (Å²) in [5.41, 5.74) is 2.52. The molecule has 166 valence electrons. The third-order valence-electron chi connectivity index (χ3n) is 5.41. The van der Waals surface area contributed by atoms with Crippen LogP contribution in [0.3, 0.4) is 0 Å². The first kappa shape index (κ1) is 21.8. The minimum Gasteiger partial charge on any atom is -0.497 e. The van der Waals surface area contributed by atoms with E-state index in [1.165, 1.54) is 0 Å². The van der Waals surface area contributed by atoms with Crippen LogP contribution in [0.4, 0.5) is 5.69 Å². The monoisotopic (exact) mass is 451 g/mol. The maximum atomic E-state index is 12.7. The molecule has 1 aliphatic carbocycles. The van der Waals surface area contributed by atoms with E-state index in [0.717, 1.165) is 35.4 Å². The van der Waals surface area contributed by atoms with Crippen molar-refractivity contribution >= 4 is 29.7 Å². The molecule has 1 aromatic heterocycles. The van der Waals surface area contributed by atoms with Crippen LogP contribution in [0.25, 0.3) is 11.4 Å². The largest absolute Gasteiger partial charge is 0.497 e. The summed E-state index contributed by atoms with van der Waals surface area (Å²) >= 11 is 5.32. The summed E-state index contributed by atoms with van der Waals surface area (Å²) in [6, 6.07) is 14.7. The van der Waals surface area contributed by atoms with Crippen molar-refractivity contribution in [3.8, 4) is 17.1 Å². The summed E-state index contributed by atoms with van der Waals surface area (Å²) in [4.78, 5) is 24.6. The highest BCUT2D eigenvalue weighted by Crippen LogP contribution is 2.30. The Bertz CT molecular complexity index is 1160. The quantitative estimate of drug-likeness (QED) is 0.452. The molecular formula is C23H25N5O3S. The van der Waals surface area contributed by atoms with Gasteiger partial charge in [0, 0.05) is 17.2 Å². The third kappa shape index (κ3) is 5.05. The van der Waals surface area contributed by atoms with E-state index >= 15 is 0 Å². The number of carbonyl (C=O) groups excluding carboxylic acids is 2. The summed E-state index contributed by atoms with van der Waals surface area (Å²) in [5, 5.41) is 12.9. The molecule has 0 bridgehead atoms. The number of carbonyl (C=O) groups is 2. The molecule has 0 aliphatic heterocycles. The lowest BCUT2D eigenvalue weighted by molar-refractivity contribution is -0.122. The lowest BCUT2D eigenvalue weighted by Crippen LogP contribution is -2.30. The van der Waals surface area contributed by atoms with Gasteiger partial charge in [-0.25, -0.2) is 0 Å². The van der Waals surface area contributed by atoms with Gasteiger partial charge in [0.1, 0.15) is 12.3 Å². The van der Waals surface area contributed by atoms with Crippen LogP contribution < -0.4 is 15.4 Å². The fourth-order valence-electron chi connectivity index (χ4n) is 3.38.